The van der Waals surface area contributed by atoms with Gasteiger partial charge in [-0.15, -0.1) is 0 Å². The van der Waals surface area contributed by atoms with Gasteiger partial charge in [0, 0.05) is 38.8 Å². The molecule has 106 valence electrons. The average molecular weight is 267 g/mol. The Morgan fingerprint density at radius 1 is 1.47 bits per heavy atom. The lowest BCUT2D eigenvalue weighted by Gasteiger charge is -2.25. The van der Waals surface area contributed by atoms with Crippen LogP contribution in [0.25, 0.3) is 0 Å². The van der Waals surface area contributed by atoms with Crippen LogP contribution in [0, 0.1) is 0 Å². The van der Waals surface area contributed by atoms with Gasteiger partial charge in [-0.3, -0.25) is 5.10 Å². The molecular weight excluding hydrogens is 246 g/mol. The molecule has 2 rings (SSSR count). The number of anilines is 1. The van der Waals surface area contributed by atoms with Crippen molar-refractivity contribution in [2.24, 2.45) is 0 Å². The van der Waals surface area contributed by atoms with Crippen LogP contribution in [0.1, 0.15) is 30.9 Å². The number of carbonyl (C=O) groups is 1. The van der Waals surface area contributed by atoms with Crippen molar-refractivity contribution in [3.63, 3.8) is 0 Å². The Bertz CT molecular complexity index is 445. The lowest BCUT2D eigenvalue weighted by Crippen LogP contribution is -2.40. The number of aromatic amines is 1. The Kier molecular flexibility index (Phi) is 3.94. The molecule has 7 heteroatoms. The molecule has 1 aromatic rings. The number of rotatable bonds is 3. The Morgan fingerprint density at radius 3 is 2.79 bits per heavy atom. The SMILES string of the molecule is CN(C)N(C)C(=O)O[C@@H]1CC[C@H](c2cc(N)n[nH]2)C1. The van der Waals surface area contributed by atoms with Crippen LogP contribution in [-0.2, 0) is 4.74 Å². The standard InChI is InChI=1S/C12H21N5O2/c1-16(2)17(3)12(18)19-9-5-4-8(6-9)10-7-11(13)15-14-10/h7-9H,4-6H2,1-3H3,(H3,13,14,15)/t8-,9+/m0/s1. The van der Waals surface area contributed by atoms with E-state index in [1.165, 1.54) is 5.01 Å². The summed E-state index contributed by atoms with van der Waals surface area (Å²) in [5.41, 5.74) is 6.62. The van der Waals surface area contributed by atoms with Crippen LogP contribution < -0.4 is 5.73 Å². The van der Waals surface area contributed by atoms with E-state index in [0.717, 1.165) is 25.0 Å². The van der Waals surface area contributed by atoms with Gasteiger partial charge in [0.25, 0.3) is 0 Å². The van der Waals surface area contributed by atoms with Gasteiger partial charge in [0.1, 0.15) is 11.9 Å². The Labute approximate surface area is 112 Å². The average Bonchev–Trinajstić information content (AvgIpc) is 2.96. The van der Waals surface area contributed by atoms with E-state index in [1.807, 2.05) is 6.07 Å². The van der Waals surface area contributed by atoms with Gasteiger partial charge in [0.2, 0.25) is 0 Å². The fourth-order valence-corrected chi connectivity index (χ4v) is 2.27. The van der Waals surface area contributed by atoms with E-state index in [0.29, 0.717) is 11.7 Å². The van der Waals surface area contributed by atoms with E-state index in [9.17, 15) is 4.79 Å². The number of ether oxygens (including phenoxy) is 1. The highest BCUT2D eigenvalue weighted by molar-refractivity contribution is 5.66. The number of amides is 1. The van der Waals surface area contributed by atoms with Crippen molar-refractivity contribution in [3.05, 3.63) is 11.8 Å². The second-order valence-electron chi connectivity index (χ2n) is 5.13. The number of hydrogen-bond donors (Lipinski definition) is 2. The predicted octanol–water partition coefficient (Wildman–Crippen LogP) is 1.17. The first-order chi connectivity index (χ1) is 8.97. The zero-order valence-corrected chi connectivity index (χ0v) is 11.6. The van der Waals surface area contributed by atoms with Crippen molar-refractivity contribution in [1.82, 2.24) is 20.2 Å². The monoisotopic (exact) mass is 267 g/mol. The van der Waals surface area contributed by atoms with E-state index in [1.54, 1.807) is 26.2 Å². The van der Waals surface area contributed by atoms with Crippen molar-refractivity contribution in [2.75, 3.05) is 26.9 Å². The Hall–Kier alpha value is -1.76. The predicted molar refractivity (Wildman–Crippen MR) is 71.3 cm³/mol. The molecule has 2 atom stereocenters. The van der Waals surface area contributed by atoms with E-state index < -0.39 is 0 Å². The Balaban J connectivity index is 1.87. The summed E-state index contributed by atoms with van der Waals surface area (Å²) in [5.74, 6) is 0.843. The lowest BCUT2D eigenvalue weighted by atomic mass is 10.0. The molecule has 0 spiro atoms. The van der Waals surface area contributed by atoms with Crippen molar-refractivity contribution >= 4 is 11.9 Å². The highest BCUT2D eigenvalue weighted by atomic mass is 16.6. The van der Waals surface area contributed by atoms with Crippen LogP contribution in [0.3, 0.4) is 0 Å². The summed E-state index contributed by atoms with van der Waals surface area (Å²) < 4.78 is 5.47. The molecule has 0 aromatic carbocycles. The second kappa shape index (κ2) is 5.48. The second-order valence-corrected chi connectivity index (χ2v) is 5.13. The number of carbonyl (C=O) groups excluding carboxylic acids is 1. The van der Waals surface area contributed by atoms with Gasteiger partial charge >= 0.3 is 6.09 Å². The van der Waals surface area contributed by atoms with Crippen LogP contribution in [0.5, 0.6) is 0 Å². The van der Waals surface area contributed by atoms with Gasteiger partial charge in [0.15, 0.2) is 0 Å². The van der Waals surface area contributed by atoms with Gasteiger partial charge in [-0.2, -0.15) is 5.10 Å². The van der Waals surface area contributed by atoms with Gasteiger partial charge in [-0.05, 0) is 19.3 Å². The molecule has 19 heavy (non-hydrogen) atoms. The summed E-state index contributed by atoms with van der Waals surface area (Å²) in [6, 6.07) is 1.85. The van der Waals surface area contributed by atoms with Crippen molar-refractivity contribution in [2.45, 2.75) is 31.3 Å². The summed E-state index contributed by atoms with van der Waals surface area (Å²) in [6.45, 7) is 0. The number of nitrogens with zero attached hydrogens (tertiary/aromatic N) is 3. The van der Waals surface area contributed by atoms with Crippen LogP contribution in [-0.4, -0.2) is 53.6 Å². The third-order valence-corrected chi connectivity index (χ3v) is 3.57. The topological polar surface area (TPSA) is 87.5 Å². The minimum atomic E-state index is -0.320. The summed E-state index contributed by atoms with van der Waals surface area (Å²) in [4.78, 5) is 11.8. The third-order valence-electron chi connectivity index (χ3n) is 3.57. The highest BCUT2D eigenvalue weighted by Gasteiger charge is 2.30. The molecule has 0 bridgehead atoms. The van der Waals surface area contributed by atoms with Crippen molar-refractivity contribution < 1.29 is 9.53 Å². The number of H-pyrrole nitrogens is 1. The fraction of sp³-hybridized carbons (Fsp3) is 0.667. The number of nitrogen functional groups attached to an aromatic ring is 1. The van der Waals surface area contributed by atoms with E-state index in [4.69, 9.17) is 10.5 Å². The molecule has 1 aliphatic carbocycles. The minimum absolute atomic E-state index is 0.0376. The summed E-state index contributed by atoms with van der Waals surface area (Å²) in [6.07, 6.45) is 2.31. The van der Waals surface area contributed by atoms with Gasteiger partial charge in [-0.25, -0.2) is 14.8 Å². The van der Waals surface area contributed by atoms with E-state index in [2.05, 4.69) is 10.2 Å². The zero-order valence-electron chi connectivity index (χ0n) is 11.6. The molecule has 1 aliphatic rings. The van der Waals surface area contributed by atoms with Crippen LogP contribution in [0.2, 0.25) is 0 Å². The molecule has 7 nitrogen and oxygen atoms in total. The normalized spacial score (nSPS) is 22.7. The van der Waals surface area contributed by atoms with Gasteiger partial charge < -0.3 is 10.5 Å². The zero-order chi connectivity index (χ0) is 14.0. The van der Waals surface area contributed by atoms with Crippen molar-refractivity contribution in [1.29, 1.82) is 0 Å². The Morgan fingerprint density at radius 2 is 2.21 bits per heavy atom. The largest absolute Gasteiger partial charge is 0.445 e. The maximum absolute atomic E-state index is 11.8. The van der Waals surface area contributed by atoms with Crippen molar-refractivity contribution in [3.8, 4) is 0 Å². The summed E-state index contributed by atoms with van der Waals surface area (Å²) in [7, 11) is 5.28. The first-order valence-electron chi connectivity index (χ1n) is 6.39. The van der Waals surface area contributed by atoms with E-state index >= 15 is 0 Å². The number of nitrogens with two attached hydrogens (primary N) is 1. The van der Waals surface area contributed by atoms with Gasteiger partial charge in [0.05, 0.1) is 0 Å². The minimum Gasteiger partial charge on any atom is -0.445 e. The molecule has 1 amide bonds. The first kappa shape index (κ1) is 13.7. The number of hydrazine groups is 1. The maximum atomic E-state index is 11.8. The summed E-state index contributed by atoms with van der Waals surface area (Å²) in [5, 5.41) is 9.99. The van der Waals surface area contributed by atoms with Crippen LogP contribution in [0.4, 0.5) is 10.6 Å². The highest BCUT2D eigenvalue weighted by Crippen LogP contribution is 2.35. The smallest absolute Gasteiger partial charge is 0.424 e. The molecular formula is C12H21N5O2. The first-order valence-corrected chi connectivity index (χ1v) is 6.39. The molecule has 1 saturated carbocycles. The number of hydrogen-bond acceptors (Lipinski definition) is 5. The fourth-order valence-electron chi connectivity index (χ4n) is 2.27. The maximum Gasteiger partial charge on any atom is 0.424 e. The van der Waals surface area contributed by atoms with Gasteiger partial charge in [-0.1, -0.05) is 0 Å². The number of nitrogens with one attached hydrogen (secondary N) is 1. The summed E-state index contributed by atoms with van der Waals surface area (Å²) >= 11 is 0. The van der Waals surface area contributed by atoms with Crippen LogP contribution in [0.15, 0.2) is 6.07 Å². The van der Waals surface area contributed by atoms with Crippen LogP contribution >= 0.6 is 0 Å². The lowest BCUT2D eigenvalue weighted by molar-refractivity contribution is 0.00908. The molecule has 0 radical (unpaired) electrons. The molecule has 0 unspecified atom stereocenters. The molecule has 0 saturated heterocycles. The molecule has 1 heterocycles. The third kappa shape index (κ3) is 3.17. The quantitative estimate of drug-likeness (QED) is 0.803. The number of aromatic nitrogens is 2. The molecule has 1 fully saturated rings. The molecule has 0 aliphatic heterocycles. The molecule has 1 aromatic heterocycles. The molecule has 3 N–H and O–H groups in total. The van der Waals surface area contributed by atoms with E-state index in [-0.39, 0.29) is 12.2 Å².